The minimum Gasteiger partial charge on any atom is -0.446 e. The first-order valence-electron chi connectivity index (χ1n) is 5.22. The fourth-order valence-corrected chi connectivity index (χ4v) is 3.46. The van der Waals surface area contributed by atoms with Crippen molar-refractivity contribution in [2.75, 3.05) is 0 Å². The van der Waals surface area contributed by atoms with Crippen molar-refractivity contribution < 1.29 is 9.53 Å². The number of carbonyl (C=O) groups is 1. The van der Waals surface area contributed by atoms with Gasteiger partial charge >= 0.3 is 6.09 Å². The van der Waals surface area contributed by atoms with Crippen molar-refractivity contribution in [3.63, 3.8) is 0 Å². The van der Waals surface area contributed by atoms with E-state index in [0.29, 0.717) is 5.92 Å². The summed E-state index contributed by atoms with van der Waals surface area (Å²) in [5.41, 5.74) is 4.99. The second kappa shape index (κ2) is 5.14. The average molecular weight is 305 g/mol. The number of rotatable bonds is 2. The number of hydrogen-bond donors (Lipinski definition) is 1. The normalized spacial score (nSPS) is 25.3. The number of ether oxygens (including phenoxy) is 1. The maximum atomic E-state index is 10.6. The van der Waals surface area contributed by atoms with E-state index in [1.165, 1.54) is 5.01 Å². The molecule has 0 aromatic carbocycles. The van der Waals surface area contributed by atoms with Gasteiger partial charge in [0.15, 0.2) is 0 Å². The van der Waals surface area contributed by atoms with Gasteiger partial charge in [0.05, 0.1) is 15.0 Å². The lowest BCUT2D eigenvalue weighted by atomic mass is 9.88. The molecule has 1 aliphatic rings. The summed E-state index contributed by atoms with van der Waals surface area (Å²) in [6.45, 7) is 0. The van der Waals surface area contributed by atoms with Crippen molar-refractivity contribution in [1.29, 1.82) is 0 Å². The van der Waals surface area contributed by atoms with Crippen LogP contribution < -0.4 is 5.73 Å². The number of hydrogen-bond acceptors (Lipinski definition) is 4. The van der Waals surface area contributed by atoms with E-state index in [1.807, 2.05) is 6.20 Å². The standard InChI is InChI=1S/C10H13BrN2O2S/c11-8-5-13-9(16-8)6-1-3-7(4-2-6)15-10(12)14/h5-7H,1-4H2,(H2,12,14)/t6-,7-. The zero-order valence-corrected chi connectivity index (χ0v) is 11.1. The molecule has 16 heavy (non-hydrogen) atoms. The van der Waals surface area contributed by atoms with Crippen LogP contribution in [-0.4, -0.2) is 17.2 Å². The molecule has 1 aromatic rings. The second-order valence-electron chi connectivity index (χ2n) is 3.91. The van der Waals surface area contributed by atoms with Crippen LogP contribution >= 0.6 is 27.3 Å². The molecule has 0 radical (unpaired) electrons. The first-order valence-corrected chi connectivity index (χ1v) is 6.83. The Morgan fingerprint density at radius 2 is 2.19 bits per heavy atom. The fraction of sp³-hybridized carbons (Fsp3) is 0.600. The zero-order chi connectivity index (χ0) is 11.5. The Hall–Kier alpha value is -0.620. The molecule has 1 saturated carbocycles. The molecular weight excluding hydrogens is 292 g/mol. The van der Waals surface area contributed by atoms with Gasteiger partial charge in [-0.15, -0.1) is 11.3 Å². The molecule has 0 aliphatic heterocycles. The maximum Gasteiger partial charge on any atom is 0.404 e. The summed E-state index contributed by atoms with van der Waals surface area (Å²) < 4.78 is 6.06. The molecule has 88 valence electrons. The number of halogens is 1. The predicted octanol–water partition coefficient (Wildman–Crippen LogP) is 3.03. The van der Waals surface area contributed by atoms with E-state index in [9.17, 15) is 4.79 Å². The van der Waals surface area contributed by atoms with E-state index in [2.05, 4.69) is 20.9 Å². The summed E-state index contributed by atoms with van der Waals surface area (Å²) in [6, 6.07) is 0. The molecule has 1 heterocycles. The first kappa shape index (κ1) is 11.9. The number of aromatic nitrogens is 1. The average Bonchev–Trinajstić information content (AvgIpc) is 2.65. The van der Waals surface area contributed by atoms with Crippen LogP contribution in [0.5, 0.6) is 0 Å². The van der Waals surface area contributed by atoms with Gasteiger partial charge in [0.25, 0.3) is 0 Å². The molecule has 2 N–H and O–H groups in total. The van der Waals surface area contributed by atoms with E-state index in [-0.39, 0.29) is 6.10 Å². The minimum atomic E-state index is -0.666. The Morgan fingerprint density at radius 1 is 1.50 bits per heavy atom. The zero-order valence-electron chi connectivity index (χ0n) is 8.69. The number of carbonyl (C=O) groups excluding carboxylic acids is 1. The van der Waals surface area contributed by atoms with Crippen LogP contribution in [-0.2, 0) is 4.74 Å². The smallest absolute Gasteiger partial charge is 0.404 e. The van der Waals surface area contributed by atoms with Gasteiger partial charge in [0.1, 0.15) is 6.10 Å². The summed E-state index contributed by atoms with van der Waals surface area (Å²) in [5.74, 6) is 0.504. The summed E-state index contributed by atoms with van der Waals surface area (Å²) in [7, 11) is 0. The highest BCUT2D eigenvalue weighted by Crippen LogP contribution is 2.36. The van der Waals surface area contributed by atoms with Crippen molar-refractivity contribution >= 4 is 33.4 Å². The fourth-order valence-electron chi connectivity index (χ4n) is 2.05. The van der Waals surface area contributed by atoms with E-state index in [4.69, 9.17) is 10.5 Å². The first-order chi connectivity index (χ1) is 7.65. The quantitative estimate of drug-likeness (QED) is 0.913. The van der Waals surface area contributed by atoms with Gasteiger partial charge < -0.3 is 10.5 Å². The lowest BCUT2D eigenvalue weighted by molar-refractivity contribution is 0.0787. The van der Waals surface area contributed by atoms with Crippen LogP contribution in [0.1, 0.15) is 36.6 Å². The van der Waals surface area contributed by atoms with E-state index < -0.39 is 6.09 Å². The molecule has 0 saturated heterocycles. The number of nitrogens with two attached hydrogens (primary N) is 1. The van der Waals surface area contributed by atoms with Gasteiger partial charge in [-0.1, -0.05) is 0 Å². The summed E-state index contributed by atoms with van der Waals surface area (Å²) in [6.07, 6.45) is 4.95. The van der Waals surface area contributed by atoms with Crippen LogP contribution in [0.15, 0.2) is 9.98 Å². The van der Waals surface area contributed by atoms with Crippen LogP contribution in [0.4, 0.5) is 4.79 Å². The number of primary amides is 1. The van der Waals surface area contributed by atoms with Crippen LogP contribution in [0.3, 0.4) is 0 Å². The molecule has 4 nitrogen and oxygen atoms in total. The Labute approximate surface area is 106 Å². The van der Waals surface area contributed by atoms with Gasteiger partial charge in [0.2, 0.25) is 0 Å². The molecular formula is C10H13BrN2O2S. The third-order valence-corrected chi connectivity index (χ3v) is 4.44. The highest BCUT2D eigenvalue weighted by molar-refractivity contribution is 9.11. The number of thiazole rings is 1. The monoisotopic (exact) mass is 304 g/mol. The molecule has 1 aliphatic carbocycles. The van der Waals surface area contributed by atoms with E-state index in [1.54, 1.807) is 11.3 Å². The van der Waals surface area contributed by atoms with E-state index >= 15 is 0 Å². The van der Waals surface area contributed by atoms with Crippen LogP contribution in [0, 0.1) is 0 Å². The molecule has 2 rings (SSSR count). The Kier molecular flexibility index (Phi) is 3.81. The molecule has 0 spiro atoms. The maximum absolute atomic E-state index is 10.6. The number of amides is 1. The van der Waals surface area contributed by atoms with Crippen molar-refractivity contribution in [1.82, 2.24) is 4.98 Å². The van der Waals surface area contributed by atoms with Gasteiger partial charge in [-0.3, -0.25) is 0 Å². The molecule has 0 bridgehead atoms. The molecule has 1 aromatic heterocycles. The number of nitrogens with zero attached hydrogens (tertiary/aromatic N) is 1. The highest BCUT2D eigenvalue weighted by Gasteiger charge is 2.25. The summed E-state index contributed by atoms with van der Waals surface area (Å²) >= 11 is 5.10. The van der Waals surface area contributed by atoms with Gasteiger partial charge in [-0.25, -0.2) is 9.78 Å². The lowest BCUT2D eigenvalue weighted by Gasteiger charge is -2.26. The molecule has 6 heteroatoms. The lowest BCUT2D eigenvalue weighted by Crippen LogP contribution is -2.26. The topological polar surface area (TPSA) is 65.2 Å². The van der Waals surface area contributed by atoms with Crippen LogP contribution in [0.2, 0.25) is 0 Å². The Balaban J connectivity index is 1.87. The van der Waals surface area contributed by atoms with Crippen molar-refractivity contribution in [3.8, 4) is 0 Å². The largest absolute Gasteiger partial charge is 0.446 e. The Bertz CT molecular complexity index is 375. The summed E-state index contributed by atoms with van der Waals surface area (Å²) in [4.78, 5) is 15.0. The van der Waals surface area contributed by atoms with Gasteiger partial charge in [-0.2, -0.15) is 0 Å². The van der Waals surface area contributed by atoms with Crippen molar-refractivity contribution in [2.24, 2.45) is 5.73 Å². The van der Waals surface area contributed by atoms with Crippen molar-refractivity contribution in [2.45, 2.75) is 37.7 Å². The van der Waals surface area contributed by atoms with Gasteiger partial charge in [0, 0.05) is 5.92 Å². The van der Waals surface area contributed by atoms with Gasteiger partial charge in [-0.05, 0) is 41.6 Å². The van der Waals surface area contributed by atoms with Crippen LogP contribution in [0.25, 0.3) is 0 Å². The third kappa shape index (κ3) is 2.95. The highest BCUT2D eigenvalue weighted by atomic mass is 79.9. The molecule has 1 amide bonds. The minimum absolute atomic E-state index is 0.00264. The van der Waals surface area contributed by atoms with E-state index in [0.717, 1.165) is 29.5 Å². The third-order valence-electron chi connectivity index (χ3n) is 2.80. The summed E-state index contributed by atoms with van der Waals surface area (Å²) in [5, 5.41) is 1.17. The predicted molar refractivity (Wildman–Crippen MR) is 65.5 cm³/mol. The Morgan fingerprint density at radius 3 is 2.69 bits per heavy atom. The second-order valence-corrected chi connectivity index (χ2v) is 6.35. The molecule has 1 fully saturated rings. The SMILES string of the molecule is NC(=O)O[C@H]1CC[C@H](c2ncc(Br)s2)CC1. The molecule has 0 unspecified atom stereocenters. The molecule has 0 atom stereocenters. The van der Waals surface area contributed by atoms with Crippen molar-refractivity contribution in [3.05, 3.63) is 15.0 Å².